The minimum absolute atomic E-state index is 0.252. The average molecular weight is 302 g/mol. The molecule has 1 N–H and O–H groups in total. The molecule has 0 aromatic heterocycles. The molecular formula is C18H26N2O2. The van der Waals surface area contributed by atoms with Crippen molar-refractivity contribution in [2.75, 3.05) is 6.54 Å². The van der Waals surface area contributed by atoms with Crippen molar-refractivity contribution < 1.29 is 9.53 Å². The maximum atomic E-state index is 13.1. The third-order valence-electron chi connectivity index (χ3n) is 4.16. The lowest BCUT2D eigenvalue weighted by molar-refractivity contribution is -0.170. The van der Waals surface area contributed by atoms with E-state index in [4.69, 9.17) is 10.1 Å². The fraction of sp³-hybridized carbons (Fsp3) is 0.556. The molecule has 0 aliphatic carbocycles. The summed E-state index contributed by atoms with van der Waals surface area (Å²) >= 11 is 0. The van der Waals surface area contributed by atoms with E-state index in [0.29, 0.717) is 13.0 Å². The SMILES string of the molecule is Cc1ccccc1C1(C(=O)OC(C)(C)C)CCCCN1C=N. The van der Waals surface area contributed by atoms with E-state index in [1.54, 1.807) is 0 Å². The normalized spacial score (nSPS) is 22.3. The molecule has 0 spiro atoms. The third-order valence-corrected chi connectivity index (χ3v) is 4.16. The minimum atomic E-state index is -0.876. The van der Waals surface area contributed by atoms with E-state index >= 15 is 0 Å². The molecule has 2 rings (SSSR count). The van der Waals surface area contributed by atoms with Gasteiger partial charge in [0.1, 0.15) is 5.60 Å². The first-order chi connectivity index (χ1) is 10.3. The number of carbonyl (C=O) groups is 1. The molecule has 0 amide bonds. The average Bonchev–Trinajstić information content (AvgIpc) is 2.45. The van der Waals surface area contributed by atoms with E-state index in [-0.39, 0.29) is 5.97 Å². The Morgan fingerprint density at radius 2 is 2.00 bits per heavy atom. The van der Waals surface area contributed by atoms with E-state index in [2.05, 4.69) is 0 Å². The number of likely N-dealkylation sites (tertiary alicyclic amines) is 1. The highest BCUT2D eigenvalue weighted by atomic mass is 16.6. The second-order valence-corrected chi connectivity index (χ2v) is 6.96. The Kier molecular flexibility index (Phi) is 4.59. The van der Waals surface area contributed by atoms with Crippen LogP contribution >= 0.6 is 0 Å². The maximum absolute atomic E-state index is 13.1. The molecule has 4 heteroatoms. The van der Waals surface area contributed by atoms with E-state index in [0.717, 1.165) is 24.0 Å². The minimum Gasteiger partial charge on any atom is -0.458 e. The van der Waals surface area contributed by atoms with Crippen molar-refractivity contribution >= 4 is 12.3 Å². The number of esters is 1. The molecule has 1 aromatic carbocycles. The molecule has 1 unspecified atom stereocenters. The van der Waals surface area contributed by atoms with Crippen molar-refractivity contribution in [3.8, 4) is 0 Å². The standard InChI is InChI=1S/C18H26N2O2/c1-14-9-5-6-10-15(14)18(16(21)22-17(2,3)4)11-7-8-12-20(18)13-19/h5-6,9-10,13,19H,7-8,11-12H2,1-4H3. The van der Waals surface area contributed by atoms with Crippen LogP contribution in [-0.4, -0.2) is 29.4 Å². The predicted molar refractivity (Wildman–Crippen MR) is 88.0 cm³/mol. The van der Waals surface area contributed by atoms with Gasteiger partial charge in [-0.15, -0.1) is 0 Å². The summed E-state index contributed by atoms with van der Waals surface area (Å²) in [5, 5.41) is 7.79. The van der Waals surface area contributed by atoms with Crippen molar-refractivity contribution in [2.45, 2.75) is 58.1 Å². The number of aryl methyl sites for hydroxylation is 1. The van der Waals surface area contributed by atoms with Crippen LogP contribution in [-0.2, 0) is 15.1 Å². The summed E-state index contributed by atoms with van der Waals surface area (Å²) in [5.74, 6) is -0.252. The van der Waals surface area contributed by atoms with E-state index < -0.39 is 11.1 Å². The Morgan fingerprint density at radius 1 is 1.32 bits per heavy atom. The fourth-order valence-corrected chi connectivity index (χ4v) is 3.19. The topological polar surface area (TPSA) is 53.4 Å². The molecule has 22 heavy (non-hydrogen) atoms. The van der Waals surface area contributed by atoms with Crippen LogP contribution in [0.2, 0.25) is 0 Å². The summed E-state index contributed by atoms with van der Waals surface area (Å²) in [5.41, 5.74) is 0.589. The Balaban J connectivity index is 2.56. The van der Waals surface area contributed by atoms with Crippen LogP contribution in [0.3, 0.4) is 0 Å². The first-order valence-electron chi connectivity index (χ1n) is 7.88. The Hall–Kier alpha value is -1.84. The number of ether oxygens (including phenoxy) is 1. The fourth-order valence-electron chi connectivity index (χ4n) is 3.19. The number of hydrogen-bond acceptors (Lipinski definition) is 3. The highest BCUT2D eigenvalue weighted by Gasteiger charge is 2.49. The number of benzene rings is 1. The van der Waals surface area contributed by atoms with Gasteiger partial charge in [-0.1, -0.05) is 24.3 Å². The van der Waals surface area contributed by atoms with Gasteiger partial charge in [-0.05, 0) is 58.1 Å². The first kappa shape index (κ1) is 16.5. The van der Waals surface area contributed by atoms with Gasteiger partial charge >= 0.3 is 5.97 Å². The van der Waals surface area contributed by atoms with Crippen molar-refractivity contribution in [1.82, 2.24) is 4.90 Å². The number of piperidine rings is 1. The summed E-state index contributed by atoms with van der Waals surface area (Å²) in [6, 6.07) is 7.92. The van der Waals surface area contributed by atoms with Crippen molar-refractivity contribution in [1.29, 1.82) is 5.41 Å². The molecule has 1 fully saturated rings. The predicted octanol–water partition coefficient (Wildman–Crippen LogP) is 3.62. The quantitative estimate of drug-likeness (QED) is 0.527. The van der Waals surface area contributed by atoms with Crippen molar-refractivity contribution in [3.63, 3.8) is 0 Å². The summed E-state index contributed by atoms with van der Waals surface area (Å²) in [6.07, 6.45) is 3.92. The van der Waals surface area contributed by atoms with Gasteiger partial charge in [0.25, 0.3) is 0 Å². The lowest BCUT2D eigenvalue weighted by Gasteiger charge is -2.46. The van der Waals surface area contributed by atoms with Gasteiger partial charge in [0, 0.05) is 6.54 Å². The van der Waals surface area contributed by atoms with Crippen LogP contribution in [0.5, 0.6) is 0 Å². The number of rotatable bonds is 3. The Morgan fingerprint density at radius 3 is 2.59 bits per heavy atom. The van der Waals surface area contributed by atoms with Gasteiger partial charge < -0.3 is 9.64 Å². The van der Waals surface area contributed by atoms with Gasteiger partial charge in [-0.3, -0.25) is 5.41 Å². The summed E-state index contributed by atoms with van der Waals surface area (Å²) in [6.45, 7) is 8.37. The summed E-state index contributed by atoms with van der Waals surface area (Å²) < 4.78 is 5.74. The summed E-state index contributed by atoms with van der Waals surface area (Å²) in [7, 11) is 0. The van der Waals surface area contributed by atoms with Gasteiger partial charge in [0.15, 0.2) is 5.54 Å². The van der Waals surface area contributed by atoms with E-state index in [1.807, 2.05) is 56.9 Å². The van der Waals surface area contributed by atoms with Crippen LogP contribution in [0, 0.1) is 12.3 Å². The van der Waals surface area contributed by atoms with Crippen LogP contribution in [0.15, 0.2) is 24.3 Å². The van der Waals surface area contributed by atoms with Crippen LogP contribution < -0.4 is 0 Å². The van der Waals surface area contributed by atoms with E-state index in [9.17, 15) is 4.79 Å². The molecule has 0 bridgehead atoms. The molecule has 0 saturated carbocycles. The molecule has 120 valence electrons. The highest BCUT2D eigenvalue weighted by Crippen LogP contribution is 2.40. The van der Waals surface area contributed by atoms with Crippen LogP contribution in [0.25, 0.3) is 0 Å². The number of nitrogens with one attached hydrogen (secondary N) is 1. The lowest BCUT2D eigenvalue weighted by atomic mass is 9.78. The zero-order valence-electron chi connectivity index (χ0n) is 14.0. The van der Waals surface area contributed by atoms with Crippen molar-refractivity contribution in [2.24, 2.45) is 0 Å². The van der Waals surface area contributed by atoms with Gasteiger partial charge in [-0.2, -0.15) is 0 Å². The van der Waals surface area contributed by atoms with Gasteiger partial charge in [0.05, 0.1) is 6.34 Å². The van der Waals surface area contributed by atoms with Gasteiger partial charge in [0.2, 0.25) is 0 Å². The molecule has 1 atom stereocenters. The Bertz CT molecular complexity index is 562. The van der Waals surface area contributed by atoms with Gasteiger partial charge in [-0.25, -0.2) is 4.79 Å². The van der Waals surface area contributed by atoms with E-state index in [1.165, 1.54) is 6.34 Å². The second-order valence-electron chi connectivity index (χ2n) is 6.96. The smallest absolute Gasteiger partial charge is 0.337 e. The van der Waals surface area contributed by atoms with Crippen molar-refractivity contribution in [3.05, 3.63) is 35.4 Å². The zero-order chi connectivity index (χ0) is 16.4. The maximum Gasteiger partial charge on any atom is 0.337 e. The first-order valence-corrected chi connectivity index (χ1v) is 7.88. The van der Waals surface area contributed by atoms with Crippen LogP contribution in [0.4, 0.5) is 0 Å². The molecule has 1 aromatic rings. The number of hydrogen-bond donors (Lipinski definition) is 1. The number of nitrogens with zero attached hydrogens (tertiary/aromatic N) is 1. The monoisotopic (exact) mass is 302 g/mol. The molecular weight excluding hydrogens is 276 g/mol. The molecule has 1 saturated heterocycles. The molecule has 0 radical (unpaired) electrons. The second kappa shape index (κ2) is 6.11. The third kappa shape index (κ3) is 3.01. The zero-order valence-corrected chi connectivity index (χ0v) is 14.0. The molecule has 1 heterocycles. The molecule has 1 aliphatic rings. The Labute approximate surface area is 133 Å². The highest BCUT2D eigenvalue weighted by molar-refractivity contribution is 5.86. The lowest BCUT2D eigenvalue weighted by Crippen LogP contribution is -2.56. The summed E-state index contributed by atoms with van der Waals surface area (Å²) in [4.78, 5) is 14.9. The molecule has 4 nitrogen and oxygen atoms in total. The largest absolute Gasteiger partial charge is 0.458 e. The molecule has 1 aliphatic heterocycles. The van der Waals surface area contributed by atoms with Crippen LogP contribution in [0.1, 0.15) is 51.2 Å². The number of carbonyl (C=O) groups excluding carboxylic acids is 1.